The normalized spacial score (nSPS) is 22.8. The summed E-state index contributed by atoms with van der Waals surface area (Å²) in [5.41, 5.74) is 2.03. The fourth-order valence-electron chi connectivity index (χ4n) is 4.36. The van der Waals surface area contributed by atoms with Gasteiger partial charge in [0.05, 0.1) is 30.9 Å². The number of morpholine rings is 1. The molecule has 2 heterocycles. The Morgan fingerprint density at radius 2 is 1.97 bits per heavy atom. The average Bonchev–Trinajstić information content (AvgIpc) is 2.79. The van der Waals surface area contributed by atoms with Crippen molar-refractivity contribution in [3.8, 4) is 0 Å². The molecule has 1 fully saturated rings. The topological polar surface area (TPSA) is 71.5 Å². The minimum atomic E-state index is -0.786. The summed E-state index contributed by atoms with van der Waals surface area (Å²) in [5.74, 6) is 1.35. The molecule has 1 unspecified atom stereocenters. The number of carbonyl (C=O) groups is 1. The van der Waals surface area contributed by atoms with Gasteiger partial charge in [-0.3, -0.25) is 9.69 Å². The van der Waals surface area contributed by atoms with Crippen LogP contribution in [0.1, 0.15) is 46.0 Å². The molecule has 0 aromatic heterocycles. The van der Waals surface area contributed by atoms with Crippen molar-refractivity contribution >= 4 is 6.29 Å². The molecule has 0 bridgehead atoms. The Hall–Kier alpha value is -1.83. The lowest BCUT2D eigenvalue weighted by Crippen LogP contribution is -2.38. The van der Waals surface area contributed by atoms with Gasteiger partial charge in [0.15, 0.2) is 12.2 Å². The van der Waals surface area contributed by atoms with Gasteiger partial charge < -0.3 is 24.2 Å². The van der Waals surface area contributed by atoms with Crippen molar-refractivity contribution in [1.29, 1.82) is 0 Å². The second-order valence-electron chi connectivity index (χ2n) is 8.84. The van der Waals surface area contributed by atoms with Crippen LogP contribution in [0.4, 0.5) is 0 Å². The monoisotopic (exact) mass is 434 g/mol. The van der Waals surface area contributed by atoms with Crippen molar-refractivity contribution in [3.63, 3.8) is 0 Å². The maximum atomic E-state index is 11.7. The molecular weight excluding hydrogens is 396 g/mol. The number of nitrogens with zero attached hydrogens (tertiary/aromatic N) is 2. The van der Waals surface area contributed by atoms with Gasteiger partial charge in [-0.05, 0) is 50.2 Å². The van der Waals surface area contributed by atoms with E-state index in [0.29, 0.717) is 43.4 Å². The van der Waals surface area contributed by atoms with Gasteiger partial charge >= 0.3 is 0 Å². The molecule has 0 spiro atoms. The number of ether oxygens (including phenoxy) is 3. The van der Waals surface area contributed by atoms with E-state index >= 15 is 0 Å². The third kappa shape index (κ3) is 6.34. The summed E-state index contributed by atoms with van der Waals surface area (Å²) in [6.45, 7) is 9.62. The van der Waals surface area contributed by atoms with Crippen LogP contribution in [0.25, 0.3) is 0 Å². The number of aldehydes is 1. The number of allylic oxidation sites excluding steroid dienone is 2. The van der Waals surface area contributed by atoms with E-state index in [1.54, 1.807) is 6.08 Å². The summed E-state index contributed by atoms with van der Waals surface area (Å²) in [5, 5.41) is 10.8. The molecule has 3 rings (SSSR count). The first-order valence-electron chi connectivity index (χ1n) is 11.5. The summed E-state index contributed by atoms with van der Waals surface area (Å²) in [6.07, 6.45) is 7.37. The van der Waals surface area contributed by atoms with Gasteiger partial charge in [-0.1, -0.05) is 6.92 Å². The molecule has 1 atom stereocenters. The van der Waals surface area contributed by atoms with Crippen molar-refractivity contribution < 1.29 is 24.1 Å². The van der Waals surface area contributed by atoms with Crippen molar-refractivity contribution in [2.24, 2.45) is 0 Å². The Labute approximate surface area is 186 Å². The van der Waals surface area contributed by atoms with Crippen LogP contribution >= 0.6 is 0 Å². The quantitative estimate of drug-likeness (QED) is 0.419. The van der Waals surface area contributed by atoms with E-state index in [9.17, 15) is 9.90 Å². The molecule has 0 aromatic carbocycles. The third-order valence-corrected chi connectivity index (χ3v) is 6.59. The van der Waals surface area contributed by atoms with Crippen LogP contribution in [-0.4, -0.2) is 86.4 Å². The first-order chi connectivity index (χ1) is 14.9. The van der Waals surface area contributed by atoms with E-state index in [-0.39, 0.29) is 0 Å². The van der Waals surface area contributed by atoms with E-state index in [0.717, 1.165) is 70.4 Å². The fraction of sp³-hybridized carbons (Fsp3) is 0.708. The number of carbonyl (C=O) groups excluding carboxylic acids is 1. The average molecular weight is 435 g/mol. The Morgan fingerprint density at radius 1 is 1.23 bits per heavy atom. The number of hydrogen-bond donors (Lipinski definition) is 1. The third-order valence-electron chi connectivity index (χ3n) is 6.59. The highest BCUT2D eigenvalue weighted by Crippen LogP contribution is 2.35. The van der Waals surface area contributed by atoms with Crippen LogP contribution in [0.15, 0.2) is 34.4 Å². The standard InChI is InChI=1S/C24H38N2O5/c1-4-24(2,28)21-8-6-5-7-19(21)18-31-22-16-25(3)23(15-20(22)17-27)30-14-11-26-9-12-29-13-10-26/h15,17,28H,4-14,16,18H2,1-3H3. The zero-order valence-corrected chi connectivity index (χ0v) is 19.3. The number of aliphatic hydroxyl groups is 1. The second-order valence-corrected chi connectivity index (χ2v) is 8.84. The molecular formula is C24H38N2O5. The SMILES string of the molecule is CCC(C)(O)C1=C(COC2=C(C=O)C=C(OCCN3CCOCC3)N(C)C2)CCCC1. The Kier molecular flexibility index (Phi) is 8.58. The second kappa shape index (κ2) is 11.2. The Balaban J connectivity index is 1.63. The van der Waals surface area contributed by atoms with E-state index < -0.39 is 5.60 Å². The Morgan fingerprint density at radius 3 is 2.68 bits per heavy atom. The van der Waals surface area contributed by atoms with E-state index in [4.69, 9.17) is 14.2 Å². The number of rotatable bonds is 10. The largest absolute Gasteiger partial charge is 0.491 e. The lowest BCUT2D eigenvalue weighted by Gasteiger charge is -2.33. The summed E-state index contributed by atoms with van der Waals surface area (Å²) in [6, 6.07) is 0. The zero-order valence-electron chi connectivity index (χ0n) is 19.3. The molecule has 7 nitrogen and oxygen atoms in total. The molecule has 174 valence electrons. The predicted molar refractivity (Wildman–Crippen MR) is 119 cm³/mol. The molecule has 0 amide bonds. The van der Waals surface area contributed by atoms with Crippen molar-refractivity contribution in [3.05, 3.63) is 34.4 Å². The van der Waals surface area contributed by atoms with E-state index in [1.165, 1.54) is 5.57 Å². The molecule has 3 aliphatic rings. The van der Waals surface area contributed by atoms with Crippen molar-refractivity contribution in [1.82, 2.24) is 9.80 Å². The maximum absolute atomic E-state index is 11.7. The number of likely N-dealkylation sites (N-methyl/N-ethyl adjacent to an activating group) is 1. The first-order valence-corrected chi connectivity index (χ1v) is 11.5. The molecule has 1 aliphatic carbocycles. The van der Waals surface area contributed by atoms with E-state index in [2.05, 4.69) is 4.90 Å². The van der Waals surface area contributed by atoms with Gasteiger partial charge in [0, 0.05) is 32.8 Å². The molecule has 31 heavy (non-hydrogen) atoms. The molecule has 0 saturated carbocycles. The lowest BCUT2D eigenvalue weighted by molar-refractivity contribution is -0.105. The fourth-order valence-corrected chi connectivity index (χ4v) is 4.36. The van der Waals surface area contributed by atoms with Crippen LogP contribution in [0.2, 0.25) is 0 Å². The summed E-state index contributed by atoms with van der Waals surface area (Å²) < 4.78 is 17.5. The van der Waals surface area contributed by atoms with Gasteiger partial charge in [0.25, 0.3) is 0 Å². The summed E-state index contributed by atoms with van der Waals surface area (Å²) in [4.78, 5) is 16.0. The molecule has 1 saturated heterocycles. The molecule has 0 aromatic rings. The highest BCUT2D eigenvalue weighted by molar-refractivity contribution is 5.79. The molecule has 7 heteroatoms. The smallest absolute Gasteiger partial charge is 0.190 e. The Bertz CT molecular complexity index is 719. The number of hydrogen-bond acceptors (Lipinski definition) is 7. The first kappa shape index (κ1) is 23.8. The minimum absolute atomic E-state index is 0.424. The van der Waals surface area contributed by atoms with Crippen LogP contribution < -0.4 is 0 Å². The van der Waals surface area contributed by atoms with Crippen LogP contribution in [0.5, 0.6) is 0 Å². The molecule has 0 radical (unpaired) electrons. The molecule has 2 aliphatic heterocycles. The highest BCUT2D eigenvalue weighted by Gasteiger charge is 2.29. The van der Waals surface area contributed by atoms with Gasteiger partial charge in [-0.2, -0.15) is 0 Å². The van der Waals surface area contributed by atoms with Crippen LogP contribution in [0, 0.1) is 0 Å². The van der Waals surface area contributed by atoms with Crippen LogP contribution in [-0.2, 0) is 19.0 Å². The predicted octanol–water partition coefficient (Wildman–Crippen LogP) is 2.62. The summed E-state index contributed by atoms with van der Waals surface area (Å²) >= 11 is 0. The highest BCUT2D eigenvalue weighted by atomic mass is 16.5. The van der Waals surface area contributed by atoms with Crippen LogP contribution in [0.3, 0.4) is 0 Å². The zero-order chi connectivity index (χ0) is 22.3. The maximum Gasteiger partial charge on any atom is 0.190 e. The van der Waals surface area contributed by atoms with Gasteiger partial charge in [0.2, 0.25) is 0 Å². The minimum Gasteiger partial charge on any atom is -0.491 e. The van der Waals surface area contributed by atoms with Gasteiger partial charge in [-0.25, -0.2) is 0 Å². The van der Waals surface area contributed by atoms with Crippen molar-refractivity contribution in [2.45, 2.75) is 51.6 Å². The van der Waals surface area contributed by atoms with Crippen molar-refractivity contribution in [2.75, 3.05) is 59.7 Å². The van der Waals surface area contributed by atoms with E-state index in [1.807, 2.05) is 25.8 Å². The lowest BCUT2D eigenvalue weighted by atomic mass is 9.81. The summed E-state index contributed by atoms with van der Waals surface area (Å²) in [7, 11) is 1.94. The van der Waals surface area contributed by atoms with Gasteiger partial charge in [-0.15, -0.1) is 0 Å². The molecule has 1 N–H and O–H groups in total. The van der Waals surface area contributed by atoms with Gasteiger partial charge in [0.1, 0.15) is 19.0 Å².